The molecule has 12 aromatic carbocycles. The molecule has 354 valence electrons. The van der Waals surface area contributed by atoms with Gasteiger partial charge >= 0.3 is 0 Å². The van der Waals surface area contributed by atoms with E-state index in [4.69, 9.17) is 0 Å². The Balaban J connectivity index is 0.761. The Hall–Kier alpha value is -9.32. The van der Waals surface area contributed by atoms with E-state index in [0.717, 1.165) is 11.4 Å². The number of fused-ring (bicyclic) bond motifs is 12. The molecule has 4 aromatic heterocycles. The van der Waals surface area contributed by atoms with Gasteiger partial charge in [-0.3, -0.25) is 0 Å². The first-order chi connectivity index (χ1) is 37.7. The lowest BCUT2D eigenvalue weighted by molar-refractivity contribution is 1.18. The summed E-state index contributed by atoms with van der Waals surface area (Å²) in [5.41, 5.74) is 19.4. The zero-order valence-corrected chi connectivity index (χ0v) is 42.7. The topological polar surface area (TPSA) is 9.86 Å². The first-order valence-electron chi connectivity index (χ1n) is 26.0. The number of aromatic nitrogens is 2. The molecule has 4 heterocycles. The Kier molecular flexibility index (Phi) is 9.71. The zero-order chi connectivity index (χ0) is 49.8. The highest BCUT2D eigenvalue weighted by molar-refractivity contribution is 7.26. The van der Waals surface area contributed by atoms with Gasteiger partial charge < -0.3 is 9.13 Å². The van der Waals surface area contributed by atoms with E-state index in [9.17, 15) is 0 Å². The summed E-state index contributed by atoms with van der Waals surface area (Å²) in [7, 11) is 0. The molecule has 16 aromatic rings. The van der Waals surface area contributed by atoms with Gasteiger partial charge in [0, 0.05) is 84.4 Å². The van der Waals surface area contributed by atoms with Gasteiger partial charge in [-0.25, -0.2) is 0 Å². The molecule has 0 spiro atoms. The predicted octanol–water partition coefficient (Wildman–Crippen LogP) is 21.0. The summed E-state index contributed by atoms with van der Waals surface area (Å²) in [6, 6.07) is 98.9. The molecule has 0 N–H and O–H groups in total. The Morgan fingerprint density at radius 1 is 0.211 bits per heavy atom. The number of hydrogen-bond donors (Lipinski definition) is 0. The monoisotopic (exact) mass is 1000 g/mol. The summed E-state index contributed by atoms with van der Waals surface area (Å²) in [5, 5.41) is 10.2. The van der Waals surface area contributed by atoms with Crippen LogP contribution in [0.5, 0.6) is 0 Å². The highest BCUT2D eigenvalue weighted by Crippen LogP contribution is 2.45. The maximum absolute atomic E-state index is 2.43. The summed E-state index contributed by atoms with van der Waals surface area (Å²) in [4.78, 5) is 0. The van der Waals surface area contributed by atoms with E-state index in [0.29, 0.717) is 0 Å². The second-order valence-corrected chi connectivity index (χ2v) is 22.2. The molecule has 0 aliphatic rings. The van der Waals surface area contributed by atoms with Gasteiger partial charge in [0.15, 0.2) is 0 Å². The van der Waals surface area contributed by atoms with Crippen molar-refractivity contribution < 1.29 is 0 Å². The van der Waals surface area contributed by atoms with E-state index in [1.807, 2.05) is 22.7 Å². The van der Waals surface area contributed by atoms with Gasteiger partial charge in [0.2, 0.25) is 0 Å². The average Bonchev–Trinajstić information content (AvgIpc) is 4.25. The maximum Gasteiger partial charge on any atom is 0.0619 e. The van der Waals surface area contributed by atoms with Crippen LogP contribution in [0, 0.1) is 0 Å². The first kappa shape index (κ1) is 43.1. The van der Waals surface area contributed by atoms with Gasteiger partial charge in [-0.15, -0.1) is 22.7 Å². The van der Waals surface area contributed by atoms with Crippen molar-refractivity contribution >= 4 is 107 Å². The molecular formula is C72H44N2S2. The first-order valence-corrected chi connectivity index (χ1v) is 27.6. The third kappa shape index (κ3) is 6.78. The number of thiophene rings is 2. The van der Waals surface area contributed by atoms with Crippen LogP contribution in [-0.4, -0.2) is 9.13 Å². The molecule has 16 rings (SSSR count). The minimum atomic E-state index is 1.16. The minimum Gasteiger partial charge on any atom is -0.309 e. The third-order valence-corrected chi connectivity index (χ3v) is 18.0. The summed E-state index contributed by atoms with van der Waals surface area (Å²) < 4.78 is 10.1. The van der Waals surface area contributed by atoms with Gasteiger partial charge in [-0.05, 0) is 142 Å². The van der Waals surface area contributed by atoms with Gasteiger partial charge in [0.05, 0.1) is 22.1 Å². The minimum absolute atomic E-state index is 1.16. The molecule has 0 aliphatic heterocycles. The normalized spacial score (nSPS) is 11.9. The van der Waals surface area contributed by atoms with Crippen LogP contribution in [0.25, 0.3) is 151 Å². The number of hydrogen-bond acceptors (Lipinski definition) is 2. The Labute approximate surface area is 446 Å². The van der Waals surface area contributed by atoms with Crippen molar-refractivity contribution in [2.75, 3.05) is 0 Å². The van der Waals surface area contributed by atoms with Crippen LogP contribution < -0.4 is 0 Å². The average molecular weight is 1000 g/mol. The summed E-state index contributed by atoms with van der Waals surface area (Å²) in [6.45, 7) is 0. The van der Waals surface area contributed by atoms with E-state index < -0.39 is 0 Å². The molecule has 0 unspecified atom stereocenters. The molecule has 0 saturated heterocycles. The van der Waals surface area contributed by atoms with E-state index in [2.05, 4.69) is 276 Å². The van der Waals surface area contributed by atoms with Gasteiger partial charge in [0.1, 0.15) is 0 Å². The van der Waals surface area contributed by atoms with Crippen LogP contribution in [-0.2, 0) is 0 Å². The summed E-state index contributed by atoms with van der Waals surface area (Å²) in [6.07, 6.45) is 0. The van der Waals surface area contributed by atoms with Crippen LogP contribution in [0.3, 0.4) is 0 Å². The molecule has 4 heteroatoms. The lowest BCUT2D eigenvalue weighted by Gasteiger charge is -2.13. The lowest BCUT2D eigenvalue weighted by Crippen LogP contribution is -1.95. The van der Waals surface area contributed by atoms with Gasteiger partial charge in [0.25, 0.3) is 0 Å². The van der Waals surface area contributed by atoms with Crippen molar-refractivity contribution in [3.63, 3.8) is 0 Å². The highest BCUT2D eigenvalue weighted by Gasteiger charge is 2.20. The van der Waals surface area contributed by atoms with Crippen molar-refractivity contribution in [2.45, 2.75) is 0 Å². The van der Waals surface area contributed by atoms with E-state index >= 15 is 0 Å². The van der Waals surface area contributed by atoms with Crippen molar-refractivity contribution in [3.05, 3.63) is 267 Å². The molecule has 0 radical (unpaired) electrons. The molecule has 76 heavy (non-hydrogen) atoms. The summed E-state index contributed by atoms with van der Waals surface area (Å²) >= 11 is 3.75. The molecule has 2 nitrogen and oxygen atoms in total. The highest BCUT2D eigenvalue weighted by atomic mass is 32.1. The van der Waals surface area contributed by atoms with Crippen LogP contribution in [0.1, 0.15) is 0 Å². The standard InChI is InChI=1S/C72H44N2S2/c1-3-19-53(20-4-1)73-65-29-9-7-23-57(65)59-27-13-25-55(71(59)73)51-17-11-15-45(39-51)47-31-35-67-61(41-47)63-43-49(33-37-69(63)75-67)50-34-38-70-64(44-50)62-42-48(32-36-68(62)76-70)46-16-12-18-52(40-46)56-26-14-28-60-58-24-8-10-30-66(58)74(72(56)60)54-21-5-2-6-22-54/h1-44H. The molecule has 0 amide bonds. The predicted molar refractivity (Wildman–Crippen MR) is 328 cm³/mol. The fraction of sp³-hybridized carbons (Fsp3) is 0. The van der Waals surface area contributed by atoms with Crippen LogP contribution in [0.4, 0.5) is 0 Å². The smallest absolute Gasteiger partial charge is 0.0619 e. The van der Waals surface area contributed by atoms with Crippen LogP contribution in [0.2, 0.25) is 0 Å². The quantitative estimate of drug-likeness (QED) is 0.151. The van der Waals surface area contributed by atoms with Crippen molar-refractivity contribution in [3.8, 4) is 67.0 Å². The number of nitrogens with zero attached hydrogens (tertiary/aromatic N) is 2. The second-order valence-electron chi connectivity index (χ2n) is 20.0. The van der Waals surface area contributed by atoms with Crippen molar-refractivity contribution in [2.24, 2.45) is 0 Å². The van der Waals surface area contributed by atoms with Crippen LogP contribution >= 0.6 is 22.7 Å². The maximum atomic E-state index is 2.43. The Morgan fingerprint density at radius 3 is 0.921 bits per heavy atom. The Bertz CT molecular complexity index is 4680. The summed E-state index contributed by atoms with van der Waals surface area (Å²) in [5.74, 6) is 0. The second kappa shape index (κ2) is 17.1. The molecular weight excluding hydrogens is 957 g/mol. The zero-order valence-electron chi connectivity index (χ0n) is 41.1. The number of rotatable bonds is 7. The molecule has 0 saturated carbocycles. The van der Waals surface area contributed by atoms with Gasteiger partial charge in [-0.1, -0.05) is 170 Å². The number of para-hydroxylation sites is 6. The van der Waals surface area contributed by atoms with E-state index in [-0.39, 0.29) is 0 Å². The van der Waals surface area contributed by atoms with Crippen molar-refractivity contribution in [1.82, 2.24) is 9.13 Å². The fourth-order valence-electron chi connectivity index (χ4n) is 12.2. The molecule has 0 aliphatic carbocycles. The molecule has 0 atom stereocenters. The van der Waals surface area contributed by atoms with Crippen LogP contribution in [0.15, 0.2) is 267 Å². The molecule has 0 bridgehead atoms. The van der Waals surface area contributed by atoms with Gasteiger partial charge in [-0.2, -0.15) is 0 Å². The number of benzene rings is 12. The Morgan fingerprint density at radius 2 is 0.526 bits per heavy atom. The lowest BCUT2D eigenvalue weighted by atomic mass is 9.95. The van der Waals surface area contributed by atoms with E-state index in [1.54, 1.807) is 0 Å². The fourth-order valence-corrected chi connectivity index (χ4v) is 14.3. The van der Waals surface area contributed by atoms with E-state index in [1.165, 1.54) is 140 Å². The van der Waals surface area contributed by atoms with Crippen molar-refractivity contribution in [1.29, 1.82) is 0 Å². The third-order valence-electron chi connectivity index (χ3n) is 15.7. The SMILES string of the molecule is c1ccc(-n2c3ccccc3c3cccc(-c4cccc(-c5ccc6sc7ccc(-c8ccc9sc%10ccc(-c%11cccc(-c%12cccc%13c%14ccccc%14n(-c%14ccccc%14)c%12%13)c%11)cc%10c9c8)cc7c6c5)c4)c32)cc1. The molecule has 0 fully saturated rings. The largest absolute Gasteiger partial charge is 0.309 e.